The van der Waals surface area contributed by atoms with Gasteiger partial charge < -0.3 is 0 Å². The van der Waals surface area contributed by atoms with Crippen LogP contribution in [-0.4, -0.2) is 14.8 Å². The molecule has 0 saturated carbocycles. The number of nitrogens with zero attached hydrogens (tertiary/aromatic N) is 2. The molecule has 0 amide bonds. The van der Waals surface area contributed by atoms with Gasteiger partial charge in [0.05, 0.1) is 0 Å². The van der Waals surface area contributed by atoms with Crippen molar-refractivity contribution in [3.8, 4) is 0 Å². The second-order valence-corrected chi connectivity index (χ2v) is 5.66. The van der Waals surface area contributed by atoms with E-state index in [0.29, 0.717) is 16.7 Å². The van der Waals surface area contributed by atoms with Crippen molar-refractivity contribution in [1.82, 2.24) is 9.97 Å². The average Bonchev–Trinajstić information content (AvgIpc) is 2.18. The molecular formula is C12H19BrN2. The molecule has 0 saturated heterocycles. The molecule has 1 rings (SSSR count). The van der Waals surface area contributed by atoms with Gasteiger partial charge in [-0.15, -0.1) is 0 Å². The average molecular weight is 271 g/mol. The van der Waals surface area contributed by atoms with Crippen molar-refractivity contribution in [2.45, 2.75) is 50.8 Å². The molecule has 0 aliphatic heterocycles. The summed E-state index contributed by atoms with van der Waals surface area (Å²) in [6.07, 6.45) is 2.78. The lowest BCUT2D eigenvalue weighted by atomic mass is 9.97. The highest BCUT2D eigenvalue weighted by Crippen LogP contribution is 2.27. The van der Waals surface area contributed by atoms with Crippen molar-refractivity contribution >= 4 is 15.9 Å². The molecule has 0 aliphatic carbocycles. The van der Waals surface area contributed by atoms with Crippen LogP contribution >= 0.6 is 15.9 Å². The number of alkyl halides is 1. The van der Waals surface area contributed by atoms with Crippen LogP contribution in [0.3, 0.4) is 0 Å². The third-order valence-electron chi connectivity index (χ3n) is 2.68. The number of halogens is 1. The van der Waals surface area contributed by atoms with Crippen molar-refractivity contribution in [2.75, 3.05) is 0 Å². The Hall–Kier alpha value is -0.440. The van der Waals surface area contributed by atoms with Gasteiger partial charge in [0.2, 0.25) is 0 Å². The summed E-state index contributed by atoms with van der Waals surface area (Å²) >= 11 is 3.64. The summed E-state index contributed by atoms with van der Waals surface area (Å²) in [4.78, 5) is 9.12. The Kier molecular flexibility index (Phi) is 4.71. The van der Waals surface area contributed by atoms with Gasteiger partial charge in [-0.3, -0.25) is 0 Å². The van der Waals surface area contributed by atoms with Gasteiger partial charge in [0.1, 0.15) is 6.33 Å². The van der Waals surface area contributed by atoms with Crippen molar-refractivity contribution in [2.24, 2.45) is 0 Å². The van der Waals surface area contributed by atoms with E-state index in [-0.39, 0.29) is 0 Å². The standard InChI is InChI=1S/C12H19BrN2/c1-5-10(9(4)13)12-6-11(8(2)3)14-7-15-12/h6-10H,5H2,1-4H3. The quantitative estimate of drug-likeness (QED) is 0.777. The first-order valence-corrected chi connectivity index (χ1v) is 6.43. The second-order valence-electron chi connectivity index (χ2n) is 4.21. The van der Waals surface area contributed by atoms with Crippen molar-refractivity contribution in [1.29, 1.82) is 0 Å². The Labute approximate surface area is 101 Å². The van der Waals surface area contributed by atoms with Crippen LogP contribution in [0.5, 0.6) is 0 Å². The Balaban J connectivity index is 2.98. The van der Waals surface area contributed by atoms with E-state index in [0.717, 1.165) is 17.8 Å². The molecule has 0 radical (unpaired) electrons. The van der Waals surface area contributed by atoms with Gasteiger partial charge in [-0.2, -0.15) is 0 Å². The van der Waals surface area contributed by atoms with E-state index in [1.54, 1.807) is 6.33 Å². The van der Waals surface area contributed by atoms with Gasteiger partial charge in [-0.05, 0) is 18.4 Å². The SMILES string of the molecule is CCC(c1cc(C(C)C)ncn1)C(C)Br. The molecule has 0 aromatic carbocycles. The molecule has 2 atom stereocenters. The van der Waals surface area contributed by atoms with Gasteiger partial charge in [0.25, 0.3) is 0 Å². The highest BCUT2D eigenvalue weighted by molar-refractivity contribution is 9.09. The largest absolute Gasteiger partial charge is 0.241 e. The molecule has 0 N–H and O–H groups in total. The third-order valence-corrected chi connectivity index (χ3v) is 3.31. The van der Waals surface area contributed by atoms with Crippen molar-refractivity contribution in [3.05, 3.63) is 23.8 Å². The van der Waals surface area contributed by atoms with Crippen LogP contribution in [0.4, 0.5) is 0 Å². The summed E-state index contributed by atoms with van der Waals surface area (Å²) in [7, 11) is 0. The molecule has 1 aromatic heterocycles. The topological polar surface area (TPSA) is 25.8 Å². The van der Waals surface area contributed by atoms with Crippen LogP contribution in [-0.2, 0) is 0 Å². The Bertz CT molecular complexity index is 310. The lowest BCUT2D eigenvalue weighted by molar-refractivity contribution is 0.636. The molecule has 1 heterocycles. The van der Waals surface area contributed by atoms with E-state index in [9.17, 15) is 0 Å². The molecule has 0 bridgehead atoms. The third kappa shape index (κ3) is 3.26. The van der Waals surface area contributed by atoms with Crippen molar-refractivity contribution < 1.29 is 0 Å². The van der Waals surface area contributed by atoms with Crippen LogP contribution in [0.1, 0.15) is 57.3 Å². The summed E-state index contributed by atoms with van der Waals surface area (Å²) < 4.78 is 0. The Morgan fingerprint density at radius 1 is 1.20 bits per heavy atom. The molecule has 1 aromatic rings. The zero-order valence-electron chi connectivity index (χ0n) is 9.87. The maximum Gasteiger partial charge on any atom is 0.115 e. The van der Waals surface area contributed by atoms with Crippen molar-refractivity contribution in [3.63, 3.8) is 0 Å². The minimum absolute atomic E-state index is 0.456. The minimum atomic E-state index is 0.456. The lowest BCUT2D eigenvalue weighted by Gasteiger charge is -2.17. The van der Waals surface area contributed by atoms with Crippen LogP contribution in [0, 0.1) is 0 Å². The zero-order chi connectivity index (χ0) is 11.4. The predicted octanol–water partition coefficient (Wildman–Crippen LogP) is 3.88. The van der Waals surface area contributed by atoms with Gasteiger partial charge in [-0.1, -0.05) is 43.6 Å². The highest BCUT2D eigenvalue weighted by Gasteiger charge is 2.17. The van der Waals surface area contributed by atoms with Crippen LogP contribution in [0.15, 0.2) is 12.4 Å². The second kappa shape index (κ2) is 5.59. The first kappa shape index (κ1) is 12.6. The van der Waals surface area contributed by atoms with E-state index < -0.39 is 0 Å². The number of rotatable bonds is 4. The predicted molar refractivity (Wildman–Crippen MR) is 67.5 cm³/mol. The monoisotopic (exact) mass is 270 g/mol. The molecular weight excluding hydrogens is 252 g/mol. The fourth-order valence-electron chi connectivity index (χ4n) is 1.68. The summed E-state index contributed by atoms with van der Waals surface area (Å²) in [5.41, 5.74) is 2.28. The number of hydrogen-bond acceptors (Lipinski definition) is 2. The van der Waals surface area contributed by atoms with Crippen LogP contribution < -0.4 is 0 Å². The molecule has 84 valence electrons. The molecule has 15 heavy (non-hydrogen) atoms. The molecule has 0 spiro atoms. The molecule has 0 fully saturated rings. The fourth-order valence-corrected chi connectivity index (χ4v) is 2.32. The summed E-state index contributed by atoms with van der Waals surface area (Å²) in [5.74, 6) is 0.945. The Morgan fingerprint density at radius 3 is 2.27 bits per heavy atom. The maximum atomic E-state index is 4.37. The lowest BCUT2D eigenvalue weighted by Crippen LogP contribution is -2.11. The van der Waals surface area contributed by atoms with Gasteiger partial charge in [0, 0.05) is 22.1 Å². The van der Waals surface area contributed by atoms with E-state index in [4.69, 9.17) is 0 Å². The van der Waals surface area contributed by atoms with E-state index in [1.165, 1.54) is 0 Å². The van der Waals surface area contributed by atoms with Crippen LogP contribution in [0.2, 0.25) is 0 Å². The first-order valence-electron chi connectivity index (χ1n) is 5.52. The summed E-state index contributed by atoms with van der Waals surface area (Å²) in [5, 5.41) is 0. The van der Waals surface area contributed by atoms with Gasteiger partial charge in [0.15, 0.2) is 0 Å². The molecule has 3 heteroatoms. The molecule has 2 unspecified atom stereocenters. The number of hydrogen-bond donors (Lipinski definition) is 0. The van der Waals surface area contributed by atoms with Crippen LogP contribution in [0.25, 0.3) is 0 Å². The molecule has 0 aliphatic rings. The summed E-state index contributed by atoms with van der Waals surface area (Å²) in [6.45, 7) is 8.68. The number of aromatic nitrogens is 2. The van der Waals surface area contributed by atoms with E-state index in [1.807, 2.05) is 0 Å². The maximum absolute atomic E-state index is 4.37. The minimum Gasteiger partial charge on any atom is -0.241 e. The van der Waals surface area contributed by atoms with E-state index in [2.05, 4.69) is 59.7 Å². The first-order chi connectivity index (χ1) is 7.06. The molecule has 2 nitrogen and oxygen atoms in total. The van der Waals surface area contributed by atoms with E-state index >= 15 is 0 Å². The highest BCUT2D eigenvalue weighted by atomic mass is 79.9. The smallest absolute Gasteiger partial charge is 0.115 e. The summed E-state index contributed by atoms with van der Waals surface area (Å²) in [6, 6.07) is 2.14. The van der Waals surface area contributed by atoms with Gasteiger partial charge in [-0.25, -0.2) is 9.97 Å². The Morgan fingerprint density at radius 2 is 1.80 bits per heavy atom. The normalized spacial score (nSPS) is 15.3. The van der Waals surface area contributed by atoms with Gasteiger partial charge >= 0.3 is 0 Å². The fraction of sp³-hybridized carbons (Fsp3) is 0.667. The zero-order valence-corrected chi connectivity index (χ0v) is 11.5.